The normalized spacial score (nSPS) is 33.5. The third kappa shape index (κ3) is 1.74. The molecule has 86 valence electrons. The van der Waals surface area contributed by atoms with Crippen molar-refractivity contribution in [2.75, 3.05) is 0 Å². The van der Waals surface area contributed by atoms with Crippen LogP contribution in [-0.4, -0.2) is 6.04 Å². The van der Waals surface area contributed by atoms with Gasteiger partial charge in [0.25, 0.3) is 0 Å². The summed E-state index contributed by atoms with van der Waals surface area (Å²) >= 11 is 1.92. The molecular weight excluding hydrogens is 214 g/mol. The van der Waals surface area contributed by atoms with Gasteiger partial charge in [-0.25, -0.2) is 0 Å². The number of fused-ring (bicyclic) bond motifs is 1. The van der Waals surface area contributed by atoms with E-state index in [1.54, 1.807) is 0 Å². The van der Waals surface area contributed by atoms with Crippen LogP contribution in [0.4, 0.5) is 0 Å². The molecule has 0 spiro atoms. The number of hydrogen-bond acceptors (Lipinski definition) is 2. The van der Waals surface area contributed by atoms with Gasteiger partial charge in [-0.3, -0.25) is 0 Å². The Bertz CT molecular complexity index is 407. The van der Waals surface area contributed by atoms with Crippen molar-refractivity contribution in [1.82, 2.24) is 5.32 Å². The molecule has 0 bridgehead atoms. The fraction of sp³-hybridized carbons (Fsp3) is 0.571. The van der Waals surface area contributed by atoms with E-state index in [1.165, 1.54) is 22.6 Å². The lowest BCUT2D eigenvalue weighted by Crippen LogP contribution is -2.48. The first-order valence-corrected chi connectivity index (χ1v) is 7.05. The minimum absolute atomic E-state index is 0.513. The third-order valence-electron chi connectivity index (χ3n) is 4.01. The summed E-state index contributed by atoms with van der Waals surface area (Å²) in [6.07, 6.45) is 7.46. The van der Waals surface area contributed by atoms with Crippen LogP contribution in [-0.2, 0) is 0 Å². The molecule has 3 rings (SSSR count). The average molecular weight is 233 g/mol. The topological polar surface area (TPSA) is 12.0 Å². The van der Waals surface area contributed by atoms with Crippen LogP contribution in [0.2, 0.25) is 0 Å². The van der Waals surface area contributed by atoms with Crippen LogP contribution < -0.4 is 5.32 Å². The Balaban J connectivity index is 1.61. The zero-order valence-corrected chi connectivity index (χ0v) is 10.8. The maximum absolute atomic E-state index is 3.78. The van der Waals surface area contributed by atoms with Gasteiger partial charge in [0, 0.05) is 21.8 Å². The Kier molecular flexibility index (Phi) is 2.64. The van der Waals surface area contributed by atoms with Crippen LogP contribution in [0.25, 0.3) is 0 Å². The predicted molar refractivity (Wildman–Crippen MR) is 69.7 cm³/mol. The third-order valence-corrected chi connectivity index (χ3v) is 5.20. The molecule has 4 unspecified atom stereocenters. The molecule has 2 aliphatic carbocycles. The second kappa shape index (κ2) is 4.01. The Morgan fingerprint density at radius 2 is 2.31 bits per heavy atom. The van der Waals surface area contributed by atoms with Gasteiger partial charge in [0.05, 0.1) is 0 Å². The molecule has 1 fully saturated rings. The molecule has 0 saturated heterocycles. The monoisotopic (exact) mass is 233 g/mol. The molecule has 1 aromatic rings. The Labute approximate surface area is 102 Å². The molecule has 1 N–H and O–H groups in total. The summed E-state index contributed by atoms with van der Waals surface area (Å²) < 4.78 is 0. The summed E-state index contributed by atoms with van der Waals surface area (Å²) in [4.78, 5) is 2.89. The van der Waals surface area contributed by atoms with Gasteiger partial charge in [0.15, 0.2) is 0 Å². The van der Waals surface area contributed by atoms with E-state index in [4.69, 9.17) is 0 Å². The van der Waals surface area contributed by atoms with Crippen molar-refractivity contribution in [2.24, 2.45) is 11.8 Å². The van der Waals surface area contributed by atoms with Gasteiger partial charge in [0.2, 0.25) is 0 Å². The second-order valence-electron chi connectivity index (χ2n) is 5.18. The molecule has 0 aromatic carbocycles. The molecule has 0 aliphatic heterocycles. The molecule has 1 nitrogen and oxygen atoms in total. The van der Waals surface area contributed by atoms with E-state index in [0.717, 1.165) is 17.9 Å². The molecule has 2 aliphatic rings. The molecular formula is C14H19NS. The van der Waals surface area contributed by atoms with E-state index in [0.29, 0.717) is 6.04 Å². The van der Waals surface area contributed by atoms with Gasteiger partial charge < -0.3 is 5.32 Å². The van der Waals surface area contributed by atoms with Crippen LogP contribution in [0, 0.1) is 18.8 Å². The summed E-state index contributed by atoms with van der Waals surface area (Å²) in [5.74, 6) is 1.78. The summed E-state index contributed by atoms with van der Waals surface area (Å²) in [7, 11) is 0. The first kappa shape index (κ1) is 10.5. The molecule has 0 amide bonds. The summed E-state index contributed by atoms with van der Waals surface area (Å²) in [6, 6.07) is 5.72. The van der Waals surface area contributed by atoms with Crippen molar-refractivity contribution in [1.29, 1.82) is 0 Å². The van der Waals surface area contributed by atoms with E-state index >= 15 is 0 Å². The Morgan fingerprint density at radius 1 is 1.44 bits per heavy atom. The molecule has 0 radical (unpaired) electrons. The van der Waals surface area contributed by atoms with Gasteiger partial charge in [0.1, 0.15) is 0 Å². The van der Waals surface area contributed by atoms with Gasteiger partial charge in [-0.1, -0.05) is 12.2 Å². The molecule has 1 aromatic heterocycles. The van der Waals surface area contributed by atoms with E-state index in [9.17, 15) is 0 Å². The Morgan fingerprint density at radius 3 is 3.00 bits per heavy atom. The van der Waals surface area contributed by atoms with Gasteiger partial charge >= 0.3 is 0 Å². The SMILES string of the molecule is Cc1ccc(C(C)NC2CC3CC=CC32)s1. The zero-order chi connectivity index (χ0) is 11.1. The van der Waals surface area contributed by atoms with Crippen LogP contribution in [0.5, 0.6) is 0 Å². The van der Waals surface area contributed by atoms with Gasteiger partial charge in [-0.2, -0.15) is 0 Å². The predicted octanol–water partition coefficient (Wildman–Crippen LogP) is 3.67. The first-order valence-electron chi connectivity index (χ1n) is 6.23. The Hall–Kier alpha value is -0.600. The van der Waals surface area contributed by atoms with Crippen molar-refractivity contribution in [3.8, 4) is 0 Å². The summed E-state index contributed by atoms with van der Waals surface area (Å²) in [5.41, 5.74) is 0. The zero-order valence-electron chi connectivity index (χ0n) is 9.94. The molecule has 16 heavy (non-hydrogen) atoms. The lowest BCUT2D eigenvalue weighted by atomic mass is 9.71. The van der Waals surface area contributed by atoms with E-state index in [1.807, 2.05) is 11.3 Å². The fourth-order valence-corrected chi connectivity index (χ4v) is 3.89. The summed E-state index contributed by atoms with van der Waals surface area (Å²) in [5, 5.41) is 3.78. The number of hydrogen-bond donors (Lipinski definition) is 1. The average Bonchev–Trinajstić information content (AvgIpc) is 2.81. The largest absolute Gasteiger partial charge is 0.306 e. The smallest absolute Gasteiger partial charge is 0.0388 e. The van der Waals surface area contributed by atoms with Gasteiger partial charge in [-0.05, 0) is 50.7 Å². The lowest BCUT2D eigenvalue weighted by molar-refractivity contribution is 0.153. The first-order chi connectivity index (χ1) is 7.74. The number of aryl methyl sites for hydroxylation is 1. The van der Waals surface area contributed by atoms with Crippen molar-refractivity contribution in [2.45, 2.75) is 38.8 Å². The van der Waals surface area contributed by atoms with Crippen LogP contribution in [0.3, 0.4) is 0 Å². The highest BCUT2D eigenvalue weighted by molar-refractivity contribution is 7.12. The maximum Gasteiger partial charge on any atom is 0.0388 e. The van der Waals surface area contributed by atoms with Crippen LogP contribution >= 0.6 is 11.3 Å². The molecule has 4 atom stereocenters. The lowest BCUT2D eigenvalue weighted by Gasteiger charge is -2.42. The van der Waals surface area contributed by atoms with Crippen molar-refractivity contribution >= 4 is 11.3 Å². The quantitative estimate of drug-likeness (QED) is 0.785. The van der Waals surface area contributed by atoms with E-state index in [2.05, 4.69) is 43.4 Å². The minimum atomic E-state index is 0.513. The van der Waals surface area contributed by atoms with Crippen LogP contribution in [0.1, 0.15) is 35.6 Å². The number of nitrogens with one attached hydrogen (secondary N) is 1. The van der Waals surface area contributed by atoms with E-state index in [-0.39, 0.29) is 0 Å². The fourth-order valence-electron chi connectivity index (χ4n) is 3.00. The summed E-state index contributed by atoms with van der Waals surface area (Å²) in [6.45, 7) is 4.47. The standard InChI is InChI=1S/C14H19NS/c1-9-6-7-14(16-9)10(2)15-13-8-11-4-3-5-12(11)13/h3,5-7,10-13,15H,4,8H2,1-2H3. The van der Waals surface area contributed by atoms with Crippen LogP contribution in [0.15, 0.2) is 24.3 Å². The van der Waals surface area contributed by atoms with Gasteiger partial charge in [-0.15, -0.1) is 11.3 Å². The molecule has 2 heteroatoms. The molecule has 1 heterocycles. The molecule has 1 saturated carbocycles. The number of thiophene rings is 1. The minimum Gasteiger partial charge on any atom is -0.306 e. The highest BCUT2D eigenvalue weighted by atomic mass is 32.1. The van der Waals surface area contributed by atoms with E-state index < -0.39 is 0 Å². The number of allylic oxidation sites excluding steroid dienone is 1. The maximum atomic E-state index is 3.78. The number of rotatable bonds is 3. The van der Waals surface area contributed by atoms with Crippen molar-refractivity contribution in [3.63, 3.8) is 0 Å². The highest BCUT2D eigenvalue weighted by Gasteiger charge is 2.41. The van der Waals surface area contributed by atoms with Crippen molar-refractivity contribution < 1.29 is 0 Å². The van der Waals surface area contributed by atoms with Crippen molar-refractivity contribution in [3.05, 3.63) is 34.0 Å². The highest BCUT2D eigenvalue weighted by Crippen LogP contribution is 2.43. The second-order valence-corrected chi connectivity index (χ2v) is 6.50.